The summed E-state index contributed by atoms with van der Waals surface area (Å²) in [5.74, 6) is -0.324. The van der Waals surface area contributed by atoms with Gasteiger partial charge >= 0.3 is 0 Å². The first kappa shape index (κ1) is 19.6. The number of hydrogen-bond donors (Lipinski definition) is 3. The Kier molecular flexibility index (Phi) is 6.68. The Bertz CT molecular complexity index is 669. The Morgan fingerprint density at radius 3 is 2.63 bits per heavy atom. The molecule has 0 spiro atoms. The van der Waals surface area contributed by atoms with E-state index < -0.39 is 11.9 Å². The molecule has 1 aliphatic heterocycles. The van der Waals surface area contributed by atoms with Crippen LogP contribution in [0.25, 0.3) is 0 Å². The van der Waals surface area contributed by atoms with E-state index in [9.17, 15) is 9.59 Å². The number of hydrogen-bond acceptors (Lipinski definition) is 5. The molecule has 0 aromatic heterocycles. The van der Waals surface area contributed by atoms with Crippen molar-refractivity contribution < 1.29 is 14.3 Å². The van der Waals surface area contributed by atoms with Gasteiger partial charge in [0, 0.05) is 18.2 Å². The van der Waals surface area contributed by atoms with Crippen LogP contribution in [0.2, 0.25) is 0 Å². The molecule has 1 heterocycles. The van der Waals surface area contributed by atoms with Crippen molar-refractivity contribution in [2.45, 2.75) is 50.6 Å². The highest BCUT2D eigenvalue weighted by molar-refractivity contribution is 5.97. The highest BCUT2D eigenvalue weighted by atomic mass is 16.5. The summed E-state index contributed by atoms with van der Waals surface area (Å²) in [5, 5.41) is 2.85. The maximum absolute atomic E-state index is 12.2. The number of ether oxygens (including phenoxy) is 1. The quantitative estimate of drug-likeness (QED) is 0.565. The van der Waals surface area contributed by atoms with Gasteiger partial charge in [-0.3, -0.25) is 9.59 Å². The number of piperidine rings is 1. The third kappa shape index (κ3) is 5.68. The summed E-state index contributed by atoms with van der Waals surface area (Å²) in [6.07, 6.45) is 6.77. The summed E-state index contributed by atoms with van der Waals surface area (Å²) in [6, 6.07) is 4.29. The third-order valence-corrected chi connectivity index (χ3v) is 5.17. The van der Waals surface area contributed by atoms with Crippen LogP contribution in [0.15, 0.2) is 18.2 Å². The van der Waals surface area contributed by atoms with Gasteiger partial charge in [0.25, 0.3) is 0 Å². The lowest BCUT2D eigenvalue weighted by atomic mass is 9.99. The van der Waals surface area contributed by atoms with Crippen LogP contribution < -0.4 is 21.5 Å². The van der Waals surface area contributed by atoms with Crippen molar-refractivity contribution in [2.75, 3.05) is 26.2 Å². The van der Waals surface area contributed by atoms with E-state index in [0.29, 0.717) is 17.9 Å². The van der Waals surface area contributed by atoms with Crippen molar-refractivity contribution in [3.05, 3.63) is 29.3 Å². The minimum absolute atomic E-state index is 0.211. The molecule has 7 heteroatoms. The minimum Gasteiger partial charge on any atom is -0.494 e. The van der Waals surface area contributed by atoms with Crippen LogP contribution in [-0.2, 0) is 4.79 Å². The Hall–Kier alpha value is -2.12. The van der Waals surface area contributed by atoms with Crippen molar-refractivity contribution in [2.24, 2.45) is 11.5 Å². The normalized spacial score (nSPS) is 18.7. The lowest BCUT2D eigenvalue weighted by molar-refractivity contribution is -0.122. The summed E-state index contributed by atoms with van der Waals surface area (Å²) < 4.78 is 5.78. The number of benzene rings is 1. The first-order valence-electron chi connectivity index (χ1n) is 9.89. The summed E-state index contributed by atoms with van der Waals surface area (Å²) >= 11 is 0. The predicted octanol–water partition coefficient (Wildman–Crippen LogP) is 1.32. The molecule has 0 radical (unpaired) electrons. The molecule has 27 heavy (non-hydrogen) atoms. The molecule has 1 saturated carbocycles. The molecule has 7 nitrogen and oxygen atoms in total. The number of amides is 2. The zero-order valence-electron chi connectivity index (χ0n) is 15.8. The fourth-order valence-electron chi connectivity index (χ4n) is 3.43. The molecular weight excluding hydrogens is 344 g/mol. The fourth-order valence-corrected chi connectivity index (χ4v) is 3.43. The number of nitrogens with one attached hydrogen (secondary N) is 1. The number of carbonyl (C=O) groups is 2. The molecule has 1 aromatic rings. The molecule has 2 fully saturated rings. The van der Waals surface area contributed by atoms with E-state index in [1.165, 1.54) is 32.4 Å². The third-order valence-electron chi connectivity index (χ3n) is 5.17. The van der Waals surface area contributed by atoms with Gasteiger partial charge in [0.1, 0.15) is 11.8 Å². The van der Waals surface area contributed by atoms with Gasteiger partial charge in [0.15, 0.2) is 0 Å². The molecule has 1 unspecified atom stereocenters. The van der Waals surface area contributed by atoms with Crippen LogP contribution in [0.4, 0.5) is 0 Å². The van der Waals surface area contributed by atoms with Crippen LogP contribution in [0.1, 0.15) is 60.5 Å². The van der Waals surface area contributed by atoms with E-state index in [1.54, 1.807) is 18.2 Å². The number of carbonyl (C=O) groups excluding carboxylic acids is 2. The highest BCUT2D eigenvalue weighted by Crippen LogP contribution is 2.24. The van der Waals surface area contributed by atoms with Crippen LogP contribution >= 0.6 is 0 Å². The molecular formula is C20H30N4O3. The smallest absolute Gasteiger partial charge is 0.249 e. The fraction of sp³-hybridized carbons (Fsp3) is 0.600. The minimum atomic E-state index is -0.916. The Morgan fingerprint density at radius 2 is 1.96 bits per heavy atom. The summed E-state index contributed by atoms with van der Waals surface area (Å²) in [7, 11) is 0. The van der Waals surface area contributed by atoms with Crippen molar-refractivity contribution in [3.63, 3.8) is 0 Å². The first-order valence-corrected chi connectivity index (χ1v) is 9.89. The number of nitrogens with zero attached hydrogens (tertiary/aromatic N) is 1. The summed E-state index contributed by atoms with van der Waals surface area (Å²) in [6.45, 7) is 3.93. The summed E-state index contributed by atoms with van der Waals surface area (Å²) in [5.41, 5.74) is 12.2. The van der Waals surface area contributed by atoms with Gasteiger partial charge < -0.3 is 26.4 Å². The van der Waals surface area contributed by atoms with Gasteiger partial charge in [-0.05, 0) is 62.9 Å². The highest BCUT2D eigenvalue weighted by Gasteiger charge is 2.28. The van der Waals surface area contributed by atoms with Gasteiger partial charge in [-0.15, -0.1) is 0 Å². The maximum Gasteiger partial charge on any atom is 0.249 e. The molecule has 148 valence electrons. The average molecular weight is 374 g/mol. The first-order chi connectivity index (χ1) is 13.0. The SMILES string of the molecule is NC(=O)c1cc(OCCCN2CCCCC2)ccc1C(N)C(=O)NC1CC1. The number of likely N-dealkylation sites (tertiary alicyclic amines) is 1. The molecule has 5 N–H and O–H groups in total. The van der Waals surface area contributed by atoms with Crippen molar-refractivity contribution in [1.82, 2.24) is 10.2 Å². The molecule has 2 aliphatic rings. The second kappa shape index (κ2) is 9.19. The second-order valence-corrected chi connectivity index (χ2v) is 7.48. The second-order valence-electron chi connectivity index (χ2n) is 7.48. The van der Waals surface area contributed by atoms with Gasteiger partial charge in [0.2, 0.25) is 11.8 Å². The average Bonchev–Trinajstić information content (AvgIpc) is 3.49. The lowest BCUT2D eigenvalue weighted by Gasteiger charge is -2.26. The molecule has 1 atom stereocenters. The van der Waals surface area contributed by atoms with E-state index in [2.05, 4.69) is 10.2 Å². The Labute approximate surface area is 160 Å². The van der Waals surface area contributed by atoms with Crippen LogP contribution in [0, 0.1) is 0 Å². The number of rotatable bonds is 9. The van der Waals surface area contributed by atoms with E-state index >= 15 is 0 Å². The molecule has 1 saturated heterocycles. The maximum atomic E-state index is 12.2. The van der Waals surface area contributed by atoms with Crippen LogP contribution in [-0.4, -0.2) is 49.0 Å². The van der Waals surface area contributed by atoms with E-state index in [0.717, 1.165) is 25.8 Å². The van der Waals surface area contributed by atoms with Gasteiger partial charge in [-0.1, -0.05) is 12.5 Å². The van der Waals surface area contributed by atoms with Crippen molar-refractivity contribution >= 4 is 11.8 Å². The van der Waals surface area contributed by atoms with Gasteiger partial charge in [-0.25, -0.2) is 0 Å². The molecule has 1 aromatic carbocycles. The molecule has 2 amide bonds. The lowest BCUT2D eigenvalue weighted by Crippen LogP contribution is -2.36. The van der Waals surface area contributed by atoms with Crippen molar-refractivity contribution in [1.29, 1.82) is 0 Å². The van der Waals surface area contributed by atoms with E-state index in [1.807, 2.05) is 0 Å². The summed E-state index contributed by atoms with van der Waals surface area (Å²) in [4.78, 5) is 26.5. The van der Waals surface area contributed by atoms with E-state index in [-0.39, 0.29) is 17.5 Å². The largest absolute Gasteiger partial charge is 0.494 e. The van der Waals surface area contributed by atoms with Crippen LogP contribution in [0.3, 0.4) is 0 Å². The molecule has 3 rings (SSSR count). The topological polar surface area (TPSA) is 111 Å². The van der Waals surface area contributed by atoms with Gasteiger partial charge in [0.05, 0.1) is 6.61 Å². The van der Waals surface area contributed by atoms with Crippen molar-refractivity contribution in [3.8, 4) is 5.75 Å². The molecule has 0 bridgehead atoms. The number of nitrogens with two attached hydrogens (primary N) is 2. The van der Waals surface area contributed by atoms with Gasteiger partial charge in [-0.2, -0.15) is 0 Å². The zero-order valence-corrected chi connectivity index (χ0v) is 15.8. The molecule has 1 aliphatic carbocycles. The Balaban J connectivity index is 1.55. The predicted molar refractivity (Wildman–Crippen MR) is 103 cm³/mol. The zero-order chi connectivity index (χ0) is 19.2. The standard InChI is InChI=1S/C20H30N4O3/c21-18(20(26)23-14-5-6-14)16-8-7-15(13-17(16)19(22)25)27-12-4-11-24-9-2-1-3-10-24/h7-8,13-14,18H,1-6,9-12,21H2,(H2,22,25)(H,23,26). The van der Waals surface area contributed by atoms with Crippen LogP contribution in [0.5, 0.6) is 5.75 Å². The monoisotopic (exact) mass is 374 g/mol. The Morgan fingerprint density at radius 1 is 1.22 bits per heavy atom. The van der Waals surface area contributed by atoms with E-state index in [4.69, 9.17) is 16.2 Å². The number of primary amides is 1.